The summed E-state index contributed by atoms with van der Waals surface area (Å²) in [5.74, 6) is 0.808. The van der Waals surface area contributed by atoms with Crippen molar-refractivity contribution in [1.82, 2.24) is 10.3 Å². The van der Waals surface area contributed by atoms with Gasteiger partial charge in [-0.3, -0.25) is 9.78 Å². The molecule has 2 aliphatic rings. The first-order valence-electron chi connectivity index (χ1n) is 9.45. The zero-order valence-corrected chi connectivity index (χ0v) is 15.3. The molecule has 1 aliphatic carbocycles. The number of nitrogens with zero attached hydrogens (tertiary/aromatic N) is 1. The predicted octanol–water partition coefficient (Wildman–Crippen LogP) is 4.44. The highest BCUT2D eigenvalue weighted by molar-refractivity contribution is 5.95. The van der Waals surface area contributed by atoms with E-state index in [-0.39, 0.29) is 18.0 Å². The van der Waals surface area contributed by atoms with Gasteiger partial charge < -0.3 is 10.6 Å². The molecule has 2 N–H and O–H groups in total. The van der Waals surface area contributed by atoms with E-state index in [0.717, 1.165) is 24.1 Å². The van der Waals surface area contributed by atoms with Crippen LogP contribution in [0.5, 0.6) is 0 Å². The van der Waals surface area contributed by atoms with Crippen molar-refractivity contribution in [2.75, 3.05) is 5.32 Å². The van der Waals surface area contributed by atoms with Gasteiger partial charge in [-0.1, -0.05) is 25.1 Å². The summed E-state index contributed by atoms with van der Waals surface area (Å²) in [5, 5.41) is 6.75. The van der Waals surface area contributed by atoms with Gasteiger partial charge in [-0.2, -0.15) is 0 Å². The molecule has 0 radical (unpaired) electrons. The highest BCUT2D eigenvalue weighted by Crippen LogP contribution is 2.49. The number of nitrogens with one attached hydrogen (secondary N) is 2. The average molecular weight is 347 g/mol. The van der Waals surface area contributed by atoms with E-state index < -0.39 is 0 Å². The number of hydrogen-bond donors (Lipinski definition) is 2. The summed E-state index contributed by atoms with van der Waals surface area (Å²) in [4.78, 5) is 16.8. The van der Waals surface area contributed by atoms with E-state index in [1.807, 2.05) is 37.5 Å². The van der Waals surface area contributed by atoms with E-state index in [4.69, 9.17) is 0 Å². The fourth-order valence-corrected chi connectivity index (χ4v) is 4.03. The topological polar surface area (TPSA) is 54.0 Å². The first kappa shape index (κ1) is 16.8. The number of anilines is 1. The molecule has 4 heteroatoms. The van der Waals surface area contributed by atoms with E-state index in [1.165, 1.54) is 11.1 Å². The van der Waals surface area contributed by atoms with Crippen LogP contribution < -0.4 is 10.6 Å². The maximum Gasteiger partial charge on any atom is 0.251 e. The first-order chi connectivity index (χ1) is 12.7. The van der Waals surface area contributed by atoms with Crippen molar-refractivity contribution >= 4 is 11.6 Å². The van der Waals surface area contributed by atoms with Crippen molar-refractivity contribution in [3.63, 3.8) is 0 Å². The van der Waals surface area contributed by atoms with Crippen molar-refractivity contribution in [2.45, 2.75) is 44.7 Å². The molecule has 0 bridgehead atoms. The Kier molecular flexibility index (Phi) is 4.49. The predicted molar refractivity (Wildman–Crippen MR) is 104 cm³/mol. The molecule has 1 aromatic carbocycles. The number of hydrogen-bond acceptors (Lipinski definition) is 3. The molecule has 0 saturated carbocycles. The van der Waals surface area contributed by atoms with E-state index in [9.17, 15) is 4.79 Å². The molecule has 0 fully saturated rings. The Bertz CT molecular complexity index is 831. The summed E-state index contributed by atoms with van der Waals surface area (Å²) in [6, 6.07) is 10.6. The lowest BCUT2D eigenvalue weighted by Gasteiger charge is -2.37. The molecule has 4 rings (SSSR count). The Labute approximate surface area is 154 Å². The SMILES string of the molecule is CCC(C)NC(=O)c1ccc2c(c1)C1C=CCC1C(c1cccnc1)N2. The fourth-order valence-electron chi connectivity index (χ4n) is 4.03. The third-order valence-corrected chi connectivity index (χ3v) is 5.66. The lowest BCUT2D eigenvalue weighted by atomic mass is 9.77. The Morgan fingerprint density at radius 3 is 3.04 bits per heavy atom. The Morgan fingerprint density at radius 2 is 2.27 bits per heavy atom. The molecule has 4 unspecified atom stereocenters. The lowest BCUT2D eigenvalue weighted by Crippen LogP contribution is -2.33. The van der Waals surface area contributed by atoms with E-state index in [2.05, 4.69) is 46.8 Å². The van der Waals surface area contributed by atoms with Gasteiger partial charge in [0.1, 0.15) is 0 Å². The molecule has 0 saturated heterocycles. The standard InChI is InChI=1S/C22H25N3O/c1-3-14(2)24-22(26)15-9-10-20-19(12-15)17-7-4-8-18(17)21(25-20)16-6-5-11-23-13-16/h4-7,9-14,17-18,21,25H,3,8H2,1-2H3,(H,24,26). The summed E-state index contributed by atoms with van der Waals surface area (Å²) in [6.45, 7) is 4.11. The highest BCUT2D eigenvalue weighted by atomic mass is 16.1. The van der Waals surface area contributed by atoms with Crippen LogP contribution in [0.3, 0.4) is 0 Å². The van der Waals surface area contributed by atoms with Crippen LogP contribution in [0, 0.1) is 5.92 Å². The van der Waals surface area contributed by atoms with Crippen LogP contribution >= 0.6 is 0 Å². The molecule has 134 valence electrons. The second-order valence-corrected chi connectivity index (χ2v) is 7.35. The number of carbonyl (C=O) groups excluding carboxylic acids is 1. The number of benzene rings is 1. The van der Waals surface area contributed by atoms with Gasteiger partial charge >= 0.3 is 0 Å². The van der Waals surface area contributed by atoms with Crippen molar-refractivity contribution in [1.29, 1.82) is 0 Å². The molecule has 1 aromatic heterocycles. The first-order valence-corrected chi connectivity index (χ1v) is 9.45. The van der Waals surface area contributed by atoms with Gasteiger partial charge in [-0.05, 0) is 61.1 Å². The summed E-state index contributed by atoms with van der Waals surface area (Å²) in [6.07, 6.45) is 10.3. The third kappa shape index (κ3) is 3.00. The minimum Gasteiger partial charge on any atom is -0.378 e. The molecule has 4 atom stereocenters. The average Bonchev–Trinajstić information content (AvgIpc) is 3.17. The largest absolute Gasteiger partial charge is 0.378 e. The van der Waals surface area contributed by atoms with E-state index in [1.54, 1.807) is 0 Å². The number of allylic oxidation sites excluding steroid dienone is 2. The maximum absolute atomic E-state index is 12.5. The fraction of sp³-hybridized carbons (Fsp3) is 0.364. The summed E-state index contributed by atoms with van der Waals surface area (Å²) in [5.41, 5.74) is 4.30. The smallest absolute Gasteiger partial charge is 0.251 e. The van der Waals surface area contributed by atoms with Crippen LogP contribution in [0.25, 0.3) is 0 Å². The second kappa shape index (κ2) is 6.94. The van der Waals surface area contributed by atoms with Crippen LogP contribution in [0.15, 0.2) is 54.9 Å². The maximum atomic E-state index is 12.5. The van der Waals surface area contributed by atoms with Gasteiger partial charge in [-0.15, -0.1) is 0 Å². The van der Waals surface area contributed by atoms with Crippen molar-refractivity contribution in [2.24, 2.45) is 5.92 Å². The number of carbonyl (C=O) groups is 1. The van der Waals surface area contributed by atoms with Crippen LogP contribution in [0.4, 0.5) is 5.69 Å². The normalized spacial score (nSPS) is 24.3. The number of rotatable bonds is 4. The zero-order valence-electron chi connectivity index (χ0n) is 15.3. The van der Waals surface area contributed by atoms with Crippen molar-refractivity contribution in [3.8, 4) is 0 Å². The molecule has 2 aromatic rings. The van der Waals surface area contributed by atoms with Crippen LogP contribution in [0.1, 0.15) is 60.1 Å². The molecular formula is C22H25N3O. The molecule has 4 nitrogen and oxygen atoms in total. The molecule has 1 aliphatic heterocycles. The quantitative estimate of drug-likeness (QED) is 0.804. The van der Waals surface area contributed by atoms with E-state index in [0.29, 0.717) is 11.8 Å². The van der Waals surface area contributed by atoms with Gasteiger partial charge in [0.05, 0.1) is 6.04 Å². The number of pyridine rings is 1. The highest BCUT2D eigenvalue weighted by Gasteiger charge is 2.38. The van der Waals surface area contributed by atoms with Gasteiger partial charge in [0.2, 0.25) is 0 Å². The Balaban J connectivity index is 1.66. The molecule has 2 heterocycles. The summed E-state index contributed by atoms with van der Waals surface area (Å²) >= 11 is 0. The monoisotopic (exact) mass is 347 g/mol. The zero-order chi connectivity index (χ0) is 18.1. The second-order valence-electron chi connectivity index (χ2n) is 7.35. The number of fused-ring (bicyclic) bond motifs is 3. The molecule has 0 spiro atoms. The van der Waals surface area contributed by atoms with Gasteiger partial charge in [0, 0.05) is 35.6 Å². The Hall–Kier alpha value is -2.62. The van der Waals surface area contributed by atoms with Crippen LogP contribution in [-0.2, 0) is 0 Å². The van der Waals surface area contributed by atoms with Gasteiger partial charge in [-0.25, -0.2) is 0 Å². The van der Waals surface area contributed by atoms with Crippen LogP contribution in [0.2, 0.25) is 0 Å². The molecular weight excluding hydrogens is 322 g/mol. The van der Waals surface area contributed by atoms with E-state index >= 15 is 0 Å². The number of amides is 1. The minimum absolute atomic E-state index is 0.00931. The van der Waals surface area contributed by atoms with Gasteiger partial charge in [0.25, 0.3) is 5.91 Å². The van der Waals surface area contributed by atoms with Crippen LogP contribution in [-0.4, -0.2) is 16.9 Å². The molecule has 1 amide bonds. The lowest BCUT2D eigenvalue weighted by molar-refractivity contribution is 0.0939. The third-order valence-electron chi connectivity index (χ3n) is 5.66. The Morgan fingerprint density at radius 1 is 1.38 bits per heavy atom. The number of aromatic nitrogens is 1. The van der Waals surface area contributed by atoms with Crippen molar-refractivity contribution < 1.29 is 4.79 Å². The summed E-state index contributed by atoms with van der Waals surface area (Å²) in [7, 11) is 0. The summed E-state index contributed by atoms with van der Waals surface area (Å²) < 4.78 is 0. The minimum atomic E-state index is 0.00931. The van der Waals surface area contributed by atoms with Gasteiger partial charge in [0.15, 0.2) is 0 Å². The van der Waals surface area contributed by atoms with Crippen molar-refractivity contribution in [3.05, 3.63) is 71.6 Å². The molecule has 26 heavy (non-hydrogen) atoms.